The highest BCUT2D eigenvalue weighted by Gasteiger charge is 2.28. The maximum atomic E-state index is 13.4. The van der Waals surface area contributed by atoms with Crippen molar-refractivity contribution in [1.29, 1.82) is 0 Å². The number of hydrazine groups is 1. The predicted molar refractivity (Wildman–Crippen MR) is 65.9 cm³/mol. The number of halogens is 3. The molecule has 120 valence electrons. The lowest BCUT2D eigenvalue weighted by atomic mass is 10.3. The average Bonchev–Trinajstić information content (AvgIpc) is 3.25. The molecule has 11 heteroatoms. The molecule has 3 N–H and O–H groups in total. The maximum Gasteiger partial charge on any atom is 0.324 e. The summed E-state index contributed by atoms with van der Waals surface area (Å²) in [4.78, 5) is 22.8. The van der Waals surface area contributed by atoms with Crippen LogP contribution in [0.4, 0.5) is 13.2 Å². The Morgan fingerprint density at radius 2 is 1.68 bits per heavy atom. The third-order valence-electron chi connectivity index (χ3n) is 2.71. The summed E-state index contributed by atoms with van der Waals surface area (Å²) >= 11 is 0. The van der Waals surface area contributed by atoms with Crippen LogP contribution in [-0.2, 0) is 19.6 Å². The van der Waals surface area contributed by atoms with Crippen LogP contribution in [0.1, 0.15) is 12.8 Å². The highest BCUT2D eigenvalue weighted by molar-refractivity contribution is 7.89. The quantitative estimate of drug-likeness (QED) is 0.398. The minimum absolute atomic E-state index is 0.126. The van der Waals surface area contributed by atoms with E-state index in [0.717, 1.165) is 0 Å². The summed E-state index contributed by atoms with van der Waals surface area (Å²) in [5.74, 6) is -7.87. The summed E-state index contributed by atoms with van der Waals surface area (Å²) in [5.41, 5.74) is 1.54. The van der Waals surface area contributed by atoms with Crippen LogP contribution in [0.3, 0.4) is 0 Å². The SMILES string of the molecule is O=C(NNS(=O)(=O)c1ccc(F)c(F)c1F)C(=O)NC1CC1. The van der Waals surface area contributed by atoms with Crippen molar-refractivity contribution < 1.29 is 31.2 Å². The first kappa shape index (κ1) is 16.2. The van der Waals surface area contributed by atoms with Gasteiger partial charge in [0.2, 0.25) is 0 Å². The molecule has 1 aliphatic rings. The van der Waals surface area contributed by atoms with E-state index < -0.39 is 44.2 Å². The number of rotatable bonds is 4. The van der Waals surface area contributed by atoms with Crippen LogP contribution in [-0.4, -0.2) is 26.3 Å². The van der Waals surface area contributed by atoms with Gasteiger partial charge in [0, 0.05) is 6.04 Å². The largest absolute Gasteiger partial charge is 0.345 e. The van der Waals surface area contributed by atoms with E-state index >= 15 is 0 Å². The van der Waals surface area contributed by atoms with Gasteiger partial charge in [0.15, 0.2) is 17.5 Å². The zero-order chi connectivity index (χ0) is 16.5. The number of sulfonamides is 1. The van der Waals surface area contributed by atoms with Crippen LogP contribution in [0, 0.1) is 17.5 Å². The number of nitrogens with one attached hydrogen (secondary N) is 3. The predicted octanol–water partition coefficient (Wildman–Crippen LogP) is -0.308. The van der Waals surface area contributed by atoms with Crippen molar-refractivity contribution in [3.05, 3.63) is 29.6 Å². The number of hydrogen-bond donors (Lipinski definition) is 3. The smallest absolute Gasteiger partial charge is 0.324 e. The van der Waals surface area contributed by atoms with Gasteiger partial charge in [0.1, 0.15) is 4.90 Å². The van der Waals surface area contributed by atoms with Crippen molar-refractivity contribution in [3.8, 4) is 0 Å². The van der Waals surface area contributed by atoms with Crippen LogP contribution in [0.15, 0.2) is 17.0 Å². The molecule has 0 aliphatic heterocycles. The first-order valence-corrected chi connectivity index (χ1v) is 7.47. The van der Waals surface area contributed by atoms with Crippen LogP contribution in [0.25, 0.3) is 0 Å². The van der Waals surface area contributed by atoms with Gasteiger partial charge in [-0.05, 0) is 25.0 Å². The van der Waals surface area contributed by atoms with Gasteiger partial charge >= 0.3 is 11.8 Å². The molecule has 0 saturated heterocycles. The van der Waals surface area contributed by atoms with Gasteiger partial charge in [-0.3, -0.25) is 15.0 Å². The van der Waals surface area contributed by atoms with Crippen LogP contribution < -0.4 is 15.6 Å². The zero-order valence-electron chi connectivity index (χ0n) is 10.8. The Bertz CT molecular complexity index is 734. The Morgan fingerprint density at radius 3 is 2.27 bits per heavy atom. The Morgan fingerprint density at radius 1 is 1.05 bits per heavy atom. The molecule has 0 spiro atoms. The van der Waals surface area contributed by atoms with Crippen molar-refractivity contribution >= 4 is 21.8 Å². The lowest BCUT2D eigenvalue weighted by Crippen LogP contribution is -2.49. The third kappa shape index (κ3) is 3.54. The van der Waals surface area contributed by atoms with Crippen LogP contribution in [0.2, 0.25) is 0 Å². The molecule has 1 aromatic carbocycles. The summed E-state index contributed by atoms with van der Waals surface area (Å²) < 4.78 is 62.5. The molecule has 1 aromatic rings. The highest BCUT2D eigenvalue weighted by atomic mass is 32.2. The van der Waals surface area contributed by atoms with E-state index in [1.54, 1.807) is 5.43 Å². The van der Waals surface area contributed by atoms with E-state index in [4.69, 9.17) is 0 Å². The molecule has 1 fully saturated rings. The molecule has 0 heterocycles. The van der Waals surface area contributed by atoms with E-state index in [2.05, 4.69) is 5.32 Å². The van der Waals surface area contributed by atoms with Crippen molar-refractivity contribution in [2.75, 3.05) is 0 Å². The number of carbonyl (C=O) groups excluding carboxylic acids is 2. The second-order valence-corrected chi connectivity index (χ2v) is 6.13. The number of carbonyl (C=O) groups is 2. The van der Waals surface area contributed by atoms with Crippen LogP contribution in [0.5, 0.6) is 0 Å². The Balaban J connectivity index is 2.06. The lowest BCUT2D eigenvalue weighted by Gasteiger charge is -2.09. The molecule has 7 nitrogen and oxygen atoms in total. The highest BCUT2D eigenvalue weighted by Crippen LogP contribution is 2.19. The number of amides is 2. The summed E-state index contributed by atoms with van der Waals surface area (Å²) in [6, 6.07) is 0.764. The number of benzene rings is 1. The van der Waals surface area contributed by atoms with Gasteiger partial charge in [-0.2, -0.15) is 0 Å². The molecule has 0 radical (unpaired) electrons. The van der Waals surface area contributed by atoms with Crippen molar-refractivity contribution in [2.24, 2.45) is 0 Å². The molecule has 1 aliphatic carbocycles. The summed E-state index contributed by atoms with van der Waals surface area (Å²) in [5, 5.41) is 2.29. The van der Waals surface area contributed by atoms with E-state index in [9.17, 15) is 31.2 Å². The minimum atomic E-state index is -4.72. The second kappa shape index (κ2) is 5.93. The molecule has 22 heavy (non-hydrogen) atoms. The van der Waals surface area contributed by atoms with E-state index in [1.165, 1.54) is 4.83 Å². The first-order valence-electron chi connectivity index (χ1n) is 5.98. The molecular weight excluding hydrogens is 327 g/mol. The van der Waals surface area contributed by atoms with Crippen molar-refractivity contribution in [1.82, 2.24) is 15.6 Å². The van der Waals surface area contributed by atoms with Crippen molar-refractivity contribution in [3.63, 3.8) is 0 Å². The summed E-state index contributed by atoms with van der Waals surface area (Å²) in [6.45, 7) is 0. The maximum absolute atomic E-state index is 13.4. The van der Waals surface area contributed by atoms with Gasteiger partial charge in [-0.25, -0.2) is 21.6 Å². The Kier molecular flexibility index (Phi) is 4.37. The van der Waals surface area contributed by atoms with Gasteiger partial charge in [0.05, 0.1) is 0 Å². The molecule has 0 bridgehead atoms. The molecule has 2 amide bonds. The van der Waals surface area contributed by atoms with Gasteiger partial charge in [-0.15, -0.1) is 4.83 Å². The summed E-state index contributed by atoms with van der Waals surface area (Å²) in [7, 11) is -4.72. The molecule has 0 atom stereocenters. The molecule has 0 unspecified atom stereocenters. The molecule has 2 rings (SSSR count). The van der Waals surface area contributed by atoms with E-state index in [-0.39, 0.29) is 6.04 Å². The molecule has 1 saturated carbocycles. The molecular formula is C11H10F3N3O4S. The average molecular weight is 337 g/mol. The van der Waals surface area contributed by atoms with E-state index in [0.29, 0.717) is 25.0 Å². The summed E-state index contributed by atoms with van der Waals surface area (Å²) in [6.07, 6.45) is 1.43. The normalized spacial score (nSPS) is 14.5. The van der Waals surface area contributed by atoms with E-state index in [1.807, 2.05) is 0 Å². The Hall–Kier alpha value is -2.14. The van der Waals surface area contributed by atoms with Gasteiger partial charge < -0.3 is 5.32 Å². The fourth-order valence-electron chi connectivity index (χ4n) is 1.42. The first-order chi connectivity index (χ1) is 10.2. The fourth-order valence-corrected chi connectivity index (χ4v) is 2.33. The zero-order valence-corrected chi connectivity index (χ0v) is 11.6. The fraction of sp³-hybridized carbons (Fsp3) is 0.273. The lowest BCUT2D eigenvalue weighted by molar-refractivity contribution is -0.139. The minimum Gasteiger partial charge on any atom is -0.345 e. The number of hydrogen-bond acceptors (Lipinski definition) is 4. The third-order valence-corrected chi connectivity index (χ3v) is 3.97. The molecule has 0 aromatic heterocycles. The Labute approximate surface area is 122 Å². The van der Waals surface area contributed by atoms with Gasteiger partial charge in [-0.1, -0.05) is 0 Å². The monoisotopic (exact) mass is 337 g/mol. The van der Waals surface area contributed by atoms with Gasteiger partial charge in [0.25, 0.3) is 10.0 Å². The van der Waals surface area contributed by atoms with Crippen molar-refractivity contribution in [2.45, 2.75) is 23.8 Å². The topological polar surface area (TPSA) is 104 Å². The van der Waals surface area contributed by atoms with Crippen LogP contribution >= 0.6 is 0 Å². The second-order valence-electron chi connectivity index (χ2n) is 4.48. The standard InChI is InChI=1S/C11H10F3N3O4S/c12-6-3-4-7(9(14)8(6)13)22(20,21)17-16-11(19)10(18)15-5-1-2-5/h3-5,17H,1-2H2,(H,15,18)(H,16,19).